The van der Waals surface area contributed by atoms with E-state index in [-0.39, 0.29) is 0 Å². The summed E-state index contributed by atoms with van der Waals surface area (Å²) in [5, 5.41) is 17.5. The minimum absolute atomic E-state index is 0.303. The molecule has 0 atom stereocenters. The summed E-state index contributed by atoms with van der Waals surface area (Å²) in [6.07, 6.45) is 5.46. The van der Waals surface area contributed by atoms with Gasteiger partial charge in [0, 0.05) is 40.7 Å². The number of pyridine rings is 2. The molecule has 3 N–H and O–H groups in total. The Morgan fingerprint density at radius 2 is 1.86 bits per heavy atom. The summed E-state index contributed by atoms with van der Waals surface area (Å²) < 4.78 is 0. The minimum Gasteiger partial charge on any atom is -0.361 e. The summed E-state index contributed by atoms with van der Waals surface area (Å²) >= 11 is 6.36. The Balaban J connectivity index is 1.64. The molecule has 7 heteroatoms. The van der Waals surface area contributed by atoms with Crippen LogP contribution < -0.4 is 10.6 Å². The predicted octanol–water partition coefficient (Wildman–Crippen LogP) is 6.09. The van der Waals surface area contributed by atoms with Crippen molar-refractivity contribution in [2.75, 3.05) is 10.6 Å². The molecule has 1 aromatic carbocycles. The van der Waals surface area contributed by atoms with Gasteiger partial charge in [-0.05, 0) is 41.8 Å². The van der Waals surface area contributed by atoms with Crippen LogP contribution in [0.3, 0.4) is 0 Å². The molecule has 4 aromatic rings. The van der Waals surface area contributed by atoms with Crippen LogP contribution in [0.1, 0.15) is 31.0 Å². The fourth-order valence-electron chi connectivity index (χ4n) is 3.07. The molecule has 6 nitrogen and oxygen atoms in total. The second-order valence-corrected chi connectivity index (χ2v) is 7.45. The number of fused-ring (bicyclic) bond motifs is 1. The van der Waals surface area contributed by atoms with Gasteiger partial charge in [0.2, 0.25) is 0 Å². The number of aromatic nitrogens is 3. The molecule has 0 fully saturated rings. The van der Waals surface area contributed by atoms with Crippen molar-refractivity contribution in [2.45, 2.75) is 19.8 Å². The van der Waals surface area contributed by atoms with Crippen LogP contribution in [0.15, 0.2) is 55.0 Å². The van der Waals surface area contributed by atoms with E-state index in [9.17, 15) is 5.26 Å². The normalized spacial score (nSPS) is 10.9. The first kappa shape index (κ1) is 18.8. The SMILES string of the molecule is CC(C)c1cncc(Nc2cc(C#N)nc(Nc3cc(Cl)c4cc[nH]c4c3)c2)c1. The fourth-order valence-corrected chi connectivity index (χ4v) is 3.36. The molecule has 3 heterocycles. The molecule has 0 aliphatic carbocycles. The number of rotatable bonds is 5. The number of aromatic amines is 1. The summed E-state index contributed by atoms with van der Waals surface area (Å²) in [6.45, 7) is 4.24. The van der Waals surface area contributed by atoms with Crippen molar-refractivity contribution in [2.24, 2.45) is 0 Å². The molecule has 0 saturated heterocycles. The number of nitrogens with one attached hydrogen (secondary N) is 3. The van der Waals surface area contributed by atoms with Gasteiger partial charge in [-0.3, -0.25) is 4.98 Å². The molecular weight excluding hydrogens is 384 g/mol. The fraction of sp³-hybridized carbons (Fsp3) is 0.136. The first-order valence-electron chi connectivity index (χ1n) is 9.19. The number of hydrogen-bond acceptors (Lipinski definition) is 5. The lowest BCUT2D eigenvalue weighted by molar-refractivity contribution is 0.859. The zero-order valence-corrected chi connectivity index (χ0v) is 16.7. The molecule has 0 aliphatic heterocycles. The molecule has 0 radical (unpaired) electrons. The van der Waals surface area contributed by atoms with E-state index in [1.54, 1.807) is 12.3 Å². The minimum atomic E-state index is 0.303. The highest BCUT2D eigenvalue weighted by Crippen LogP contribution is 2.30. The highest BCUT2D eigenvalue weighted by atomic mass is 35.5. The van der Waals surface area contributed by atoms with Gasteiger partial charge >= 0.3 is 0 Å². The Morgan fingerprint density at radius 3 is 2.66 bits per heavy atom. The largest absolute Gasteiger partial charge is 0.361 e. The van der Waals surface area contributed by atoms with E-state index in [1.807, 2.05) is 36.7 Å². The lowest BCUT2D eigenvalue weighted by Gasteiger charge is -2.12. The van der Waals surface area contributed by atoms with Gasteiger partial charge in [0.15, 0.2) is 0 Å². The molecule has 0 saturated carbocycles. The van der Waals surface area contributed by atoms with Gasteiger partial charge in [-0.2, -0.15) is 5.26 Å². The lowest BCUT2D eigenvalue weighted by Crippen LogP contribution is -2.00. The number of nitrogens with zero attached hydrogens (tertiary/aromatic N) is 3. The Labute approximate surface area is 173 Å². The van der Waals surface area contributed by atoms with E-state index in [4.69, 9.17) is 11.6 Å². The zero-order valence-electron chi connectivity index (χ0n) is 16.0. The van der Waals surface area contributed by atoms with Crippen LogP contribution in [-0.2, 0) is 0 Å². The second kappa shape index (κ2) is 7.82. The van der Waals surface area contributed by atoms with E-state index < -0.39 is 0 Å². The van der Waals surface area contributed by atoms with Gasteiger partial charge in [-0.25, -0.2) is 4.98 Å². The first-order chi connectivity index (χ1) is 14.0. The van der Waals surface area contributed by atoms with E-state index in [0.29, 0.717) is 22.5 Å². The molecule has 144 valence electrons. The van der Waals surface area contributed by atoms with Crippen LogP contribution in [0.4, 0.5) is 22.9 Å². The van der Waals surface area contributed by atoms with Gasteiger partial charge in [-0.1, -0.05) is 25.4 Å². The zero-order chi connectivity index (χ0) is 20.4. The van der Waals surface area contributed by atoms with Gasteiger partial charge < -0.3 is 15.6 Å². The molecule has 0 aliphatic rings. The molecule has 3 aromatic heterocycles. The van der Waals surface area contributed by atoms with Crippen molar-refractivity contribution in [1.82, 2.24) is 15.0 Å². The van der Waals surface area contributed by atoms with Crippen molar-refractivity contribution < 1.29 is 0 Å². The number of H-pyrrole nitrogens is 1. The first-order valence-corrected chi connectivity index (χ1v) is 9.57. The smallest absolute Gasteiger partial charge is 0.144 e. The van der Waals surface area contributed by atoms with E-state index in [1.165, 1.54) is 0 Å². The van der Waals surface area contributed by atoms with Crippen molar-refractivity contribution in [3.8, 4) is 6.07 Å². The molecule has 4 rings (SSSR count). The van der Waals surface area contributed by atoms with Gasteiger partial charge in [0.25, 0.3) is 0 Å². The summed E-state index contributed by atoms with van der Waals surface area (Å²) in [6, 6.07) is 13.4. The number of nitriles is 1. The third-order valence-corrected chi connectivity index (χ3v) is 4.86. The molecule has 0 unspecified atom stereocenters. The van der Waals surface area contributed by atoms with Crippen LogP contribution in [0.25, 0.3) is 10.9 Å². The van der Waals surface area contributed by atoms with Crippen molar-refractivity contribution in [3.05, 3.63) is 71.3 Å². The predicted molar refractivity (Wildman–Crippen MR) is 117 cm³/mol. The maximum absolute atomic E-state index is 9.39. The highest BCUT2D eigenvalue weighted by Gasteiger charge is 2.08. The molecule has 0 bridgehead atoms. The molecule has 0 amide bonds. The second-order valence-electron chi connectivity index (χ2n) is 7.05. The highest BCUT2D eigenvalue weighted by molar-refractivity contribution is 6.35. The summed E-state index contributed by atoms with van der Waals surface area (Å²) in [4.78, 5) is 11.8. The monoisotopic (exact) mass is 402 g/mol. The number of anilines is 4. The number of halogens is 1. The maximum Gasteiger partial charge on any atom is 0.144 e. The number of benzene rings is 1. The summed E-state index contributed by atoms with van der Waals surface area (Å²) in [5.74, 6) is 0.919. The number of hydrogen-bond donors (Lipinski definition) is 3. The summed E-state index contributed by atoms with van der Waals surface area (Å²) in [5.41, 5.74) is 4.74. The molecule has 0 spiro atoms. The quantitative estimate of drug-likeness (QED) is 0.375. The van der Waals surface area contributed by atoms with Gasteiger partial charge in [0.05, 0.1) is 16.9 Å². The molecular formula is C22H19ClN6. The van der Waals surface area contributed by atoms with Crippen molar-refractivity contribution in [3.63, 3.8) is 0 Å². The van der Waals surface area contributed by atoms with Crippen LogP contribution >= 0.6 is 11.6 Å². The van der Waals surface area contributed by atoms with E-state index in [2.05, 4.69) is 51.6 Å². The van der Waals surface area contributed by atoms with Gasteiger partial charge in [0.1, 0.15) is 17.6 Å². The summed E-state index contributed by atoms with van der Waals surface area (Å²) in [7, 11) is 0. The van der Waals surface area contributed by atoms with Crippen molar-refractivity contribution >= 4 is 45.4 Å². The third-order valence-electron chi connectivity index (χ3n) is 4.55. The average molecular weight is 403 g/mol. The molecule has 29 heavy (non-hydrogen) atoms. The Morgan fingerprint density at radius 1 is 1.03 bits per heavy atom. The van der Waals surface area contributed by atoms with E-state index in [0.717, 1.165) is 33.5 Å². The average Bonchev–Trinajstić information content (AvgIpc) is 3.17. The Hall–Kier alpha value is -3.56. The third kappa shape index (κ3) is 4.15. The lowest BCUT2D eigenvalue weighted by atomic mass is 10.1. The Kier molecular flexibility index (Phi) is 5.07. The van der Waals surface area contributed by atoms with Crippen LogP contribution in [0, 0.1) is 11.3 Å². The topological polar surface area (TPSA) is 89.4 Å². The van der Waals surface area contributed by atoms with Crippen LogP contribution in [0.5, 0.6) is 0 Å². The van der Waals surface area contributed by atoms with E-state index >= 15 is 0 Å². The maximum atomic E-state index is 9.39. The van der Waals surface area contributed by atoms with Gasteiger partial charge in [-0.15, -0.1) is 0 Å². The Bertz CT molecular complexity index is 1220. The van der Waals surface area contributed by atoms with Crippen molar-refractivity contribution in [1.29, 1.82) is 5.26 Å². The standard InChI is InChI=1S/C22H19ClN6/c1-13(2)14-5-18(12-25-11-14)27-15-6-17(10-24)29-22(9-15)28-16-7-20(23)19-3-4-26-21(19)8-16/h3-9,11-13,26H,1-2H3,(H2,27,28,29). The van der Waals surface area contributed by atoms with Crippen LogP contribution in [0.2, 0.25) is 5.02 Å². The van der Waals surface area contributed by atoms with Crippen LogP contribution in [-0.4, -0.2) is 15.0 Å².